The quantitative estimate of drug-likeness (QED) is 0.0629. The SMILES string of the molecule is CCOC(CCNS(=O)(=O)c1cc(S(=O)(=O)NCCC(OCC)OCC)c2ccc3c(S(N)(=O)=O)cc(N)c4ccc1c2c43)OCC. The number of primary sulfonamides is 1. The van der Waals surface area contributed by atoms with Crippen molar-refractivity contribution in [3.8, 4) is 0 Å². The zero-order valence-corrected chi connectivity index (χ0v) is 29.2. The summed E-state index contributed by atoms with van der Waals surface area (Å²) < 4.78 is 108. The van der Waals surface area contributed by atoms with E-state index in [-0.39, 0.29) is 73.2 Å². The molecule has 0 bridgehead atoms. The minimum atomic E-state index is -4.36. The molecule has 0 aliphatic heterocycles. The molecule has 4 rings (SSSR count). The van der Waals surface area contributed by atoms with E-state index in [9.17, 15) is 25.3 Å². The van der Waals surface area contributed by atoms with Gasteiger partial charge in [0.1, 0.15) is 0 Å². The van der Waals surface area contributed by atoms with Crippen LogP contribution in [0.4, 0.5) is 5.69 Å². The third kappa shape index (κ3) is 8.13. The summed E-state index contributed by atoms with van der Waals surface area (Å²) in [5, 5.41) is 6.88. The number of nitrogen functional groups attached to an aromatic ring is 1. The molecule has 0 atom stereocenters. The van der Waals surface area contributed by atoms with Crippen LogP contribution in [0.3, 0.4) is 0 Å². The average Bonchev–Trinajstić information content (AvgIpc) is 2.99. The van der Waals surface area contributed by atoms with E-state index in [1.54, 1.807) is 33.8 Å². The Labute approximate surface area is 275 Å². The topological polar surface area (TPSA) is 215 Å². The summed E-state index contributed by atoms with van der Waals surface area (Å²) in [5.41, 5.74) is 6.34. The fraction of sp³-hybridized carbons (Fsp3) is 0.467. The van der Waals surface area contributed by atoms with E-state index in [4.69, 9.17) is 29.8 Å². The molecule has 47 heavy (non-hydrogen) atoms. The van der Waals surface area contributed by atoms with Gasteiger partial charge in [0.15, 0.2) is 12.6 Å². The van der Waals surface area contributed by atoms with Crippen LogP contribution in [0.15, 0.2) is 51.1 Å². The first-order chi connectivity index (χ1) is 22.2. The first-order valence-electron chi connectivity index (χ1n) is 15.2. The number of benzene rings is 4. The van der Waals surface area contributed by atoms with Crippen molar-refractivity contribution in [2.75, 3.05) is 45.3 Å². The molecule has 0 heterocycles. The van der Waals surface area contributed by atoms with Crippen LogP contribution in [0.1, 0.15) is 40.5 Å². The molecule has 6 N–H and O–H groups in total. The zero-order chi connectivity index (χ0) is 34.6. The molecule has 0 fully saturated rings. The molecule has 0 radical (unpaired) electrons. The van der Waals surface area contributed by atoms with E-state index in [1.807, 2.05) is 0 Å². The van der Waals surface area contributed by atoms with Crippen molar-refractivity contribution in [3.63, 3.8) is 0 Å². The molecule has 0 aliphatic carbocycles. The molecule has 4 aromatic rings. The standard InChI is InChI=1S/C30H42N4O10S3/c1-5-41-27(42-6-2)13-15-33-46(37,38)25-18-26(47(39,40)34-16-14-28(43-7-3)44-8-4)22-12-11-20-24(45(32,35)36)17-23(31)19-9-10-21(25)30(22)29(19)20/h9-12,17-18,27-28,33-34H,5-8,13-16,31H2,1-4H3,(H2,32,35,36). The fourth-order valence-electron chi connectivity index (χ4n) is 5.55. The Kier molecular flexibility index (Phi) is 12.0. The zero-order valence-electron chi connectivity index (χ0n) is 26.7. The Bertz CT molecular complexity index is 1950. The number of hydrogen-bond donors (Lipinski definition) is 4. The number of ether oxygens (including phenoxy) is 4. The summed E-state index contributed by atoms with van der Waals surface area (Å²) in [6, 6.07) is 8.30. The van der Waals surface area contributed by atoms with Gasteiger partial charge in [0.05, 0.1) is 14.7 Å². The second-order valence-electron chi connectivity index (χ2n) is 10.5. The maximum Gasteiger partial charge on any atom is 0.241 e. The van der Waals surface area contributed by atoms with Crippen LogP contribution in [0.5, 0.6) is 0 Å². The van der Waals surface area contributed by atoms with Gasteiger partial charge in [0, 0.05) is 90.4 Å². The van der Waals surface area contributed by atoms with Crippen LogP contribution in [-0.2, 0) is 49.0 Å². The molecule has 0 saturated carbocycles. The van der Waals surface area contributed by atoms with E-state index < -0.39 is 42.6 Å². The molecular weight excluding hydrogens is 673 g/mol. The lowest BCUT2D eigenvalue weighted by molar-refractivity contribution is -0.138. The van der Waals surface area contributed by atoms with Crippen LogP contribution < -0.4 is 20.3 Å². The van der Waals surface area contributed by atoms with Crippen molar-refractivity contribution in [1.29, 1.82) is 0 Å². The number of nitrogens with two attached hydrogens (primary N) is 2. The van der Waals surface area contributed by atoms with Crippen LogP contribution in [0, 0.1) is 0 Å². The summed E-state index contributed by atoms with van der Waals surface area (Å²) in [7, 11) is -13.0. The number of sulfonamides is 3. The van der Waals surface area contributed by atoms with E-state index in [0.29, 0.717) is 31.8 Å². The van der Waals surface area contributed by atoms with Crippen molar-refractivity contribution in [3.05, 3.63) is 36.4 Å². The van der Waals surface area contributed by atoms with Gasteiger partial charge in [-0.3, -0.25) is 0 Å². The highest BCUT2D eigenvalue weighted by molar-refractivity contribution is 7.90. The maximum atomic E-state index is 13.9. The Hall–Kier alpha value is -2.71. The Morgan fingerprint density at radius 1 is 0.596 bits per heavy atom. The molecule has 4 aromatic carbocycles. The van der Waals surface area contributed by atoms with Gasteiger partial charge >= 0.3 is 0 Å². The lowest BCUT2D eigenvalue weighted by atomic mass is 9.93. The fourth-order valence-corrected chi connectivity index (χ4v) is 8.95. The van der Waals surface area contributed by atoms with Crippen molar-refractivity contribution in [1.82, 2.24) is 9.44 Å². The van der Waals surface area contributed by atoms with Gasteiger partial charge in [0.2, 0.25) is 30.1 Å². The van der Waals surface area contributed by atoms with Crippen LogP contribution >= 0.6 is 0 Å². The number of rotatable bonds is 19. The maximum absolute atomic E-state index is 13.9. The Balaban J connectivity index is 1.92. The van der Waals surface area contributed by atoms with Gasteiger partial charge in [-0.2, -0.15) is 0 Å². The third-order valence-electron chi connectivity index (χ3n) is 7.46. The summed E-state index contributed by atoms with van der Waals surface area (Å²) in [4.78, 5) is -0.933. The summed E-state index contributed by atoms with van der Waals surface area (Å²) in [5.74, 6) is 0. The normalized spacial score (nSPS) is 13.3. The largest absolute Gasteiger partial charge is 0.398 e. The monoisotopic (exact) mass is 714 g/mol. The molecule has 260 valence electrons. The van der Waals surface area contributed by atoms with Gasteiger partial charge in [-0.05, 0) is 39.8 Å². The van der Waals surface area contributed by atoms with E-state index in [1.165, 1.54) is 24.3 Å². The van der Waals surface area contributed by atoms with Gasteiger partial charge < -0.3 is 24.7 Å². The molecule has 17 heteroatoms. The van der Waals surface area contributed by atoms with Crippen LogP contribution in [0.2, 0.25) is 0 Å². The third-order valence-corrected chi connectivity index (χ3v) is 11.4. The smallest absolute Gasteiger partial charge is 0.241 e. The highest BCUT2D eigenvalue weighted by Crippen LogP contribution is 2.43. The predicted octanol–water partition coefficient (Wildman–Crippen LogP) is 2.95. The van der Waals surface area contributed by atoms with Crippen molar-refractivity contribution < 1.29 is 44.2 Å². The minimum absolute atomic E-state index is 0.0700. The first kappa shape index (κ1) is 37.1. The van der Waals surface area contributed by atoms with Crippen molar-refractivity contribution in [2.24, 2.45) is 5.14 Å². The molecule has 0 saturated heterocycles. The van der Waals surface area contributed by atoms with Gasteiger partial charge in [-0.25, -0.2) is 39.8 Å². The van der Waals surface area contributed by atoms with Crippen molar-refractivity contribution in [2.45, 2.75) is 67.8 Å². The highest BCUT2D eigenvalue weighted by atomic mass is 32.2. The lowest BCUT2D eigenvalue weighted by Gasteiger charge is -2.21. The molecule has 14 nitrogen and oxygen atoms in total. The molecule has 0 aromatic heterocycles. The van der Waals surface area contributed by atoms with E-state index >= 15 is 0 Å². The van der Waals surface area contributed by atoms with E-state index in [2.05, 4.69) is 9.44 Å². The average molecular weight is 715 g/mol. The van der Waals surface area contributed by atoms with Gasteiger partial charge in [0.25, 0.3) is 0 Å². The lowest BCUT2D eigenvalue weighted by Crippen LogP contribution is -2.31. The predicted molar refractivity (Wildman–Crippen MR) is 180 cm³/mol. The number of nitrogens with one attached hydrogen (secondary N) is 2. The second-order valence-corrected chi connectivity index (χ2v) is 15.5. The van der Waals surface area contributed by atoms with Crippen LogP contribution in [0.25, 0.3) is 32.3 Å². The van der Waals surface area contributed by atoms with Gasteiger partial charge in [-0.1, -0.05) is 24.3 Å². The van der Waals surface area contributed by atoms with Crippen molar-refractivity contribution >= 4 is 68.1 Å². The summed E-state index contributed by atoms with van der Waals surface area (Å²) in [6.07, 6.45) is -0.916. The highest BCUT2D eigenvalue weighted by Gasteiger charge is 2.29. The molecule has 0 unspecified atom stereocenters. The number of hydrogen-bond acceptors (Lipinski definition) is 11. The second kappa shape index (κ2) is 15.2. The Morgan fingerprint density at radius 3 is 1.34 bits per heavy atom. The Morgan fingerprint density at radius 2 is 0.957 bits per heavy atom. The minimum Gasteiger partial charge on any atom is -0.398 e. The summed E-state index contributed by atoms with van der Waals surface area (Å²) >= 11 is 0. The molecular formula is C30H42N4O10S3. The summed E-state index contributed by atoms with van der Waals surface area (Å²) in [6.45, 7) is 8.46. The van der Waals surface area contributed by atoms with Crippen LogP contribution in [-0.4, -0.2) is 77.4 Å². The molecule has 0 aliphatic rings. The molecule has 0 spiro atoms. The van der Waals surface area contributed by atoms with Gasteiger partial charge in [-0.15, -0.1) is 0 Å². The number of anilines is 1. The molecule has 0 amide bonds. The van der Waals surface area contributed by atoms with E-state index in [0.717, 1.165) is 6.07 Å². The first-order valence-corrected chi connectivity index (χ1v) is 19.7.